The van der Waals surface area contributed by atoms with Gasteiger partial charge in [0.2, 0.25) is 0 Å². The van der Waals surface area contributed by atoms with Crippen molar-refractivity contribution in [1.82, 2.24) is 10.2 Å². The van der Waals surface area contributed by atoms with Crippen LogP contribution in [0.15, 0.2) is 60.7 Å². The number of hydrogen-bond acceptors (Lipinski definition) is 5. The Morgan fingerprint density at radius 3 is 2.44 bits per heavy atom. The van der Waals surface area contributed by atoms with Crippen molar-refractivity contribution in [2.45, 2.75) is 0 Å². The third-order valence-electron chi connectivity index (χ3n) is 3.31. The molecule has 0 atom stereocenters. The Hall–Kier alpha value is -3.79. The van der Waals surface area contributed by atoms with Crippen molar-refractivity contribution in [2.75, 3.05) is 10.6 Å². The van der Waals surface area contributed by atoms with Crippen LogP contribution in [0.1, 0.15) is 16.1 Å². The molecule has 0 fully saturated rings. The van der Waals surface area contributed by atoms with E-state index in [0.717, 1.165) is 0 Å². The SMILES string of the molecule is N#Cc1ccccc1Nc1ccc(C(=O)Nc2ccc(F)cc2)nn1. The number of halogens is 1. The normalized spacial score (nSPS) is 9.92. The average molecular weight is 333 g/mol. The van der Waals surface area contributed by atoms with Gasteiger partial charge in [-0.15, -0.1) is 10.2 Å². The van der Waals surface area contributed by atoms with Gasteiger partial charge in [-0.1, -0.05) is 12.1 Å². The predicted molar refractivity (Wildman–Crippen MR) is 90.8 cm³/mol. The summed E-state index contributed by atoms with van der Waals surface area (Å²) in [5.41, 5.74) is 1.65. The number of hydrogen-bond donors (Lipinski definition) is 2. The van der Waals surface area contributed by atoms with Gasteiger partial charge >= 0.3 is 0 Å². The van der Waals surface area contributed by atoms with Crippen LogP contribution in [0.2, 0.25) is 0 Å². The van der Waals surface area contributed by atoms with Crippen molar-refractivity contribution in [2.24, 2.45) is 0 Å². The number of amides is 1. The van der Waals surface area contributed by atoms with E-state index in [1.165, 1.54) is 30.3 Å². The first-order valence-corrected chi connectivity index (χ1v) is 7.32. The molecule has 25 heavy (non-hydrogen) atoms. The fraction of sp³-hybridized carbons (Fsp3) is 0. The van der Waals surface area contributed by atoms with Gasteiger partial charge in [0.15, 0.2) is 11.5 Å². The van der Waals surface area contributed by atoms with E-state index in [2.05, 4.69) is 26.9 Å². The largest absolute Gasteiger partial charge is 0.338 e. The summed E-state index contributed by atoms with van der Waals surface area (Å²) in [7, 11) is 0. The second kappa shape index (κ2) is 7.19. The fourth-order valence-corrected chi connectivity index (χ4v) is 2.08. The van der Waals surface area contributed by atoms with E-state index in [9.17, 15) is 9.18 Å². The zero-order valence-corrected chi connectivity index (χ0v) is 12.9. The maximum absolute atomic E-state index is 12.9. The minimum absolute atomic E-state index is 0.114. The molecule has 6 nitrogen and oxygen atoms in total. The minimum atomic E-state index is -0.455. The lowest BCUT2D eigenvalue weighted by molar-refractivity contribution is 0.102. The standard InChI is InChI=1S/C18H12FN5O/c19-13-5-7-14(8-6-13)21-18(25)16-9-10-17(24-23-16)22-15-4-2-1-3-12(15)11-20/h1-10H,(H,21,25)(H,22,24). The van der Waals surface area contributed by atoms with Gasteiger partial charge in [0.05, 0.1) is 11.3 Å². The maximum atomic E-state index is 12.9. The number of carbonyl (C=O) groups excluding carboxylic acids is 1. The monoisotopic (exact) mass is 333 g/mol. The van der Waals surface area contributed by atoms with Gasteiger partial charge in [-0.05, 0) is 48.5 Å². The molecule has 2 N–H and O–H groups in total. The van der Waals surface area contributed by atoms with Crippen molar-refractivity contribution in [3.63, 3.8) is 0 Å². The van der Waals surface area contributed by atoms with Crippen LogP contribution in [0.4, 0.5) is 21.6 Å². The number of aromatic nitrogens is 2. The Kier molecular flexibility index (Phi) is 4.62. The van der Waals surface area contributed by atoms with Crippen LogP contribution in [0.25, 0.3) is 0 Å². The molecule has 0 saturated heterocycles. The van der Waals surface area contributed by atoms with Crippen molar-refractivity contribution >= 4 is 23.1 Å². The molecular formula is C18H12FN5O. The summed E-state index contributed by atoms with van der Waals surface area (Å²) >= 11 is 0. The topological polar surface area (TPSA) is 90.7 Å². The molecule has 0 unspecified atom stereocenters. The van der Waals surface area contributed by atoms with Crippen molar-refractivity contribution in [3.8, 4) is 6.07 Å². The van der Waals surface area contributed by atoms with E-state index < -0.39 is 5.91 Å². The lowest BCUT2D eigenvalue weighted by atomic mass is 10.2. The lowest BCUT2D eigenvalue weighted by Gasteiger charge is -2.07. The molecule has 0 spiro atoms. The lowest BCUT2D eigenvalue weighted by Crippen LogP contribution is -2.14. The summed E-state index contributed by atoms with van der Waals surface area (Å²) in [6, 6.07) is 17.6. The van der Waals surface area contributed by atoms with Gasteiger partial charge in [-0.2, -0.15) is 5.26 Å². The maximum Gasteiger partial charge on any atom is 0.276 e. The molecule has 0 aliphatic carbocycles. The van der Waals surface area contributed by atoms with Gasteiger partial charge in [0, 0.05) is 5.69 Å². The van der Waals surface area contributed by atoms with E-state index in [-0.39, 0.29) is 11.5 Å². The van der Waals surface area contributed by atoms with Crippen LogP contribution < -0.4 is 10.6 Å². The number of para-hydroxylation sites is 1. The zero-order chi connectivity index (χ0) is 17.6. The first-order valence-electron chi connectivity index (χ1n) is 7.32. The molecule has 0 aliphatic rings. The highest BCUT2D eigenvalue weighted by Gasteiger charge is 2.09. The molecule has 1 amide bonds. The summed E-state index contributed by atoms with van der Waals surface area (Å²) in [4.78, 5) is 12.1. The van der Waals surface area contributed by atoms with E-state index in [1.54, 1.807) is 30.3 Å². The Bertz CT molecular complexity index is 933. The van der Waals surface area contributed by atoms with Gasteiger partial charge in [-0.3, -0.25) is 4.79 Å². The van der Waals surface area contributed by atoms with E-state index in [4.69, 9.17) is 5.26 Å². The van der Waals surface area contributed by atoms with Crippen LogP contribution in [0.3, 0.4) is 0 Å². The van der Waals surface area contributed by atoms with Gasteiger partial charge in [-0.25, -0.2) is 4.39 Å². The van der Waals surface area contributed by atoms with Gasteiger partial charge < -0.3 is 10.6 Å². The molecule has 1 heterocycles. The van der Waals surface area contributed by atoms with Gasteiger partial charge in [0.25, 0.3) is 5.91 Å². The highest BCUT2D eigenvalue weighted by Crippen LogP contribution is 2.18. The molecule has 0 radical (unpaired) electrons. The molecule has 0 bridgehead atoms. The minimum Gasteiger partial charge on any atom is -0.338 e. The van der Waals surface area contributed by atoms with E-state index >= 15 is 0 Å². The highest BCUT2D eigenvalue weighted by molar-refractivity contribution is 6.02. The summed E-state index contributed by atoms with van der Waals surface area (Å²) in [6.07, 6.45) is 0. The summed E-state index contributed by atoms with van der Waals surface area (Å²) in [5, 5.41) is 22.4. The second-order valence-electron chi connectivity index (χ2n) is 5.05. The number of nitriles is 1. The molecule has 122 valence electrons. The number of nitrogens with one attached hydrogen (secondary N) is 2. The molecular weight excluding hydrogens is 321 g/mol. The number of benzene rings is 2. The van der Waals surface area contributed by atoms with Crippen LogP contribution in [-0.2, 0) is 0 Å². The summed E-state index contributed by atoms with van der Waals surface area (Å²) in [5.74, 6) is -0.435. The molecule has 3 aromatic rings. The molecule has 7 heteroatoms. The van der Waals surface area contributed by atoms with Crippen LogP contribution >= 0.6 is 0 Å². The summed E-state index contributed by atoms with van der Waals surface area (Å²) in [6.45, 7) is 0. The Labute approximate surface area is 143 Å². The Morgan fingerprint density at radius 1 is 1.00 bits per heavy atom. The molecule has 0 aliphatic heterocycles. The molecule has 1 aromatic heterocycles. The van der Waals surface area contributed by atoms with Crippen LogP contribution in [-0.4, -0.2) is 16.1 Å². The number of rotatable bonds is 4. The third-order valence-corrected chi connectivity index (χ3v) is 3.31. The number of nitrogens with zero attached hydrogens (tertiary/aromatic N) is 3. The molecule has 0 saturated carbocycles. The van der Waals surface area contributed by atoms with E-state index in [0.29, 0.717) is 22.8 Å². The van der Waals surface area contributed by atoms with Crippen LogP contribution in [0.5, 0.6) is 0 Å². The Morgan fingerprint density at radius 2 is 1.76 bits per heavy atom. The number of carbonyl (C=O) groups is 1. The van der Waals surface area contributed by atoms with Crippen molar-refractivity contribution < 1.29 is 9.18 Å². The molecule has 2 aromatic carbocycles. The average Bonchev–Trinajstić information content (AvgIpc) is 2.64. The van der Waals surface area contributed by atoms with E-state index in [1.807, 2.05) is 0 Å². The first kappa shape index (κ1) is 16.1. The molecule has 3 rings (SSSR count). The van der Waals surface area contributed by atoms with Gasteiger partial charge in [0.1, 0.15) is 11.9 Å². The highest BCUT2D eigenvalue weighted by atomic mass is 19.1. The second-order valence-corrected chi connectivity index (χ2v) is 5.05. The predicted octanol–water partition coefficient (Wildman–Crippen LogP) is 3.48. The van der Waals surface area contributed by atoms with Crippen molar-refractivity contribution in [1.29, 1.82) is 5.26 Å². The smallest absolute Gasteiger partial charge is 0.276 e. The quantitative estimate of drug-likeness (QED) is 0.763. The summed E-state index contributed by atoms with van der Waals surface area (Å²) < 4.78 is 12.9. The number of anilines is 3. The Balaban J connectivity index is 1.70. The first-order chi connectivity index (χ1) is 12.2. The zero-order valence-electron chi connectivity index (χ0n) is 12.9. The van der Waals surface area contributed by atoms with Crippen LogP contribution in [0, 0.1) is 17.1 Å². The van der Waals surface area contributed by atoms with Crippen molar-refractivity contribution in [3.05, 3.63) is 77.7 Å². The third kappa shape index (κ3) is 3.95. The fourth-order valence-electron chi connectivity index (χ4n) is 2.08.